The fourth-order valence-corrected chi connectivity index (χ4v) is 3.30. The maximum Gasteiger partial charge on any atom is 0.141 e. The Morgan fingerprint density at radius 1 is 0.824 bits per heavy atom. The van der Waals surface area contributed by atoms with Gasteiger partial charge in [0.15, 0.2) is 0 Å². The molecule has 0 bridgehead atoms. The van der Waals surface area contributed by atoms with Crippen LogP contribution in [0.3, 0.4) is 0 Å². The fraction of sp³-hybridized carbons (Fsp3) is 0.143. The second kappa shape index (κ2) is 4.00. The van der Waals surface area contributed by atoms with Gasteiger partial charge in [-0.2, -0.15) is 0 Å². The molecule has 0 saturated heterocycles. The van der Waals surface area contributed by atoms with Gasteiger partial charge in [-0.05, 0) is 22.3 Å². The van der Waals surface area contributed by atoms with E-state index in [9.17, 15) is 8.42 Å². The number of benzene rings is 2. The molecule has 0 radical (unpaired) electrons. The molecule has 2 aromatic carbocycles. The highest BCUT2D eigenvalue weighted by molar-refractivity contribution is 7.72. The van der Waals surface area contributed by atoms with Crippen molar-refractivity contribution in [3.05, 3.63) is 59.7 Å². The summed E-state index contributed by atoms with van der Waals surface area (Å²) < 4.78 is 22.0. The van der Waals surface area contributed by atoms with E-state index in [2.05, 4.69) is 12.1 Å². The third-order valence-electron chi connectivity index (χ3n) is 3.29. The van der Waals surface area contributed by atoms with E-state index < -0.39 is 10.7 Å². The van der Waals surface area contributed by atoms with Crippen LogP contribution in [-0.2, 0) is 10.7 Å². The van der Waals surface area contributed by atoms with Crippen LogP contribution in [0.1, 0.15) is 17.0 Å². The van der Waals surface area contributed by atoms with Gasteiger partial charge in [0, 0.05) is 5.92 Å². The smallest absolute Gasteiger partial charge is 0.141 e. The lowest BCUT2D eigenvalue weighted by Crippen LogP contribution is -2.03. The van der Waals surface area contributed by atoms with Crippen LogP contribution in [0.25, 0.3) is 11.1 Å². The first kappa shape index (κ1) is 10.5. The second-order valence-electron chi connectivity index (χ2n) is 4.24. The summed E-state index contributed by atoms with van der Waals surface area (Å²) >= 11 is 0. The summed E-state index contributed by atoms with van der Waals surface area (Å²) in [6, 6.07) is 16.1. The van der Waals surface area contributed by atoms with Crippen LogP contribution in [0.5, 0.6) is 0 Å². The van der Waals surface area contributed by atoms with Gasteiger partial charge >= 0.3 is 0 Å². The lowest BCUT2D eigenvalue weighted by Gasteiger charge is -2.08. The minimum atomic E-state index is -2.36. The number of thiol groups is 1. The molecule has 17 heavy (non-hydrogen) atoms. The molecule has 0 aromatic heterocycles. The van der Waals surface area contributed by atoms with Gasteiger partial charge in [-0.25, -0.2) is 8.42 Å². The summed E-state index contributed by atoms with van der Waals surface area (Å²) in [7, 11) is -2.36. The van der Waals surface area contributed by atoms with Crippen LogP contribution in [0.4, 0.5) is 0 Å². The number of rotatable bonds is 2. The third kappa shape index (κ3) is 1.67. The highest BCUT2D eigenvalue weighted by atomic mass is 32.2. The molecule has 3 heteroatoms. The highest BCUT2D eigenvalue weighted by Crippen LogP contribution is 2.44. The summed E-state index contributed by atoms with van der Waals surface area (Å²) in [6.45, 7) is 0. The van der Waals surface area contributed by atoms with Crippen molar-refractivity contribution in [1.29, 1.82) is 0 Å². The molecule has 0 spiro atoms. The van der Waals surface area contributed by atoms with Crippen molar-refractivity contribution < 1.29 is 8.42 Å². The first-order valence-corrected chi connectivity index (χ1v) is 6.93. The average molecular weight is 244 g/mol. The molecule has 86 valence electrons. The molecule has 1 aliphatic rings. The Kier molecular flexibility index (Phi) is 2.48. The quantitative estimate of drug-likeness (QED) is 0.823. The van der Waals surface area contributed by atoms with Crippen LogP contribution in [-0.4, -0.2) is 14.2 Å². The highest BCUT2D eigenvalue weighted by Gasteiger charge is 2.28. The maximum absolute atomic E-state index is 11.0. The van der Waals surface area contributed by atoms with Crippen molar-refractivity contribution in [2.45, 2.75) is 5.92 Å². The molecule has 0 aliphatic heterocycles. The van der Waals surface area contributed by atoms with Crippen molar-refractivity contribution in [2.24, 2.45) is 0 Å². The molecule has 0 N–H and O–H groups in total. The minimum Gasteiger partial charge on any atom is -0.232 e. The number of fused-ring (bicyclic) bond motifs is 3. The lowest BCUT2D eigenvalue weighted by molar-refractivity contribution is 0.611. The van der Waals surface area contributed by atoms with Crippen LogP contribution >= 0.6 is 0 Å². The van der Waals surface area contributed by atoms with E-state index in [1.807, 2.05) is 36.4 Å². The van der Waals surface area contributed by atoms with Crippen LogP contribution in [0.15, 0.2) is 48.5 Å². The van der Waals surface area contributed by atoms with Gasteiger partial charge in [-0.15, -0.1) is 0 Å². The monoisotopic (exact) mass is 244 g/mol. The summed E-state index contributed by atoms with van der Waals surface area (Å²) in [4.78, 5) is 0. The van der Waals surface area contributed by atoms with E-state index in [-0.39, 0.29) is 11.7 Å². The Labute approximate surface area is 102 Å². The molecule has 0 fully saturated rings. The first-order valence-electron chi connectivity index (χ1n) is 5.57. The SMILES string of the molecule is O=[SH](=O)CC1c2ccccc2-c2ccccc21. The van der Waals surface area contributed by atoms with E-state index in [0.717, 1.165) is 11.1 Å². The molecule has 2 nitrogen and oxygen atoms in total. The molecule has 0 atom stereocenters. The fourth-order valence-electron chi connectivity index (χ4n) is 2.61. The predicted molar refractivity (Wildman–Crippen MR) is 68.9 cm³/mol. The van der Waals surface area contributed by atoms with E-state index in [0.29, 0.717) is 0 Å². The normalized spacial score (nSPS) is 13.7. The second-order valence-corrected chi connectivity index (χ2v) is 5.27. The van der Waals surface area contributed by atoms with E-state index in [4.69, 9.17) is 0 Å². The van der Waals surface area contributed by atoms with Crippen molar-refractivity contribution in [2.75, 3.05) is 5.75 Å². The van der Waals surface area contributed by atoms with Crippen molar-refractivity contribution >= 4 is 10.7 Å². The zero-order valence-electron chi connectivity index (χ0n) is 9.17. The van der Waals surface area contributed by atoms with E-state index >= 15 is 0 Å². The zero-order valence-corrected chi connectivity index (χ0v) is 10.1. The molecule has 0 heterocycles. The molecule has 0 unspecified atom stereocenters. The third-order valence-corrected chi connectivity index (χ3v) is 3.96. The summed E-state index contributed by atoms with van der Waals surface area (Å²) in [6.07, 6.45) is 0. The van der Waals surface area contributed by atoms with Crippen molar-refractivity contribution in [1.82, 2.24) is 0 Å². The Balaban J connectivity index is 2.23. The molecule has 1 aliphatic carbocycles. The topological polar surface area (TPSA) is 34.1 Å². The van der Waals surface area contributed by atoms with Crippen molar-refractivity contribution in [3.8, 4) is 11.1 Å². The van der Waals surface area contributed by atoms with Gasteiger partial charge in [-0.1, -0.05) is 48.5 Å². The van der Waals surface area contributed by atoms with E-state index in [1.165, 1.54) is 11.1 Å². The van der Waals surface area contributed by atoms with Gasteiger partial charge in [0.25, 0.3) is 0 Å². The standard InChI is InChI=1S/C14H12O2S/c15-17(16)9-14-12-7-3-1-5-10(12)11-6-2-4-8-13(11)14/h1-8,14,17H,9H2. The lowest BCUT2D eigenvalue weighted by atomic mass is 9.99. The van der Waals surface area contributed by atoms with Gasteiger partial charge in [-0.3, -0.25) is 0 Å². The van der Waals surface area contributed by atoms with Crippen molar-refractivity contribution in [3.63, 3.8) is 0 Å². The van der Waals surface area contributed by atoms with Gasteiger partial charge in [0.1, 0.15) is 10.7 Å². The predicted octanol–water partition coefficient (Wildman–Crippen LogP) is 2.41. The molecule has 3 rings (SSSR count). The Hall–Kier alpha value is -1.61. The first-order chi connectivity index (χ1) is 8.27. The molecule has 0 amide bonds. The van der Waals surface area contributed by atoms with Gasteiger partial charge in [0.05, 0.1) is 5.75 Å². The number of hydrogen-bond donors (Lipinski definition) is 1. The number of hydrogen-bond acceptors (Lipinski definition) is 2. The average Bonchev–Trinajstić information content (AvgIpc) is 2.65. The largest absolute Gasteiger partial charge is 0.232 e. The minimum absolute atomic E-state index is 0.00325. The zero-order chi connectivity index (χ0) is 11.8. The van der Waals surface area contributed by atoms with Gasteiger partial charge in [0.2, 0.25) is 0 Å². The molecule has 2 aromatic rings. The Morgan fingerprint density at radius 2 is 1.29 bits per heavy atom. The van der Waals surface area contributed by atoms with Crippen LogP contribution in [0, 0.1) is 0 Å². The van der Waals surface area contributed by atoms with Gasteiger partial charge < -0.3 is 0 Å². The Bertz CT molecular complexity index is 591. The summed E-state index contributed by atoms with van der Waals surface area (Å²) in [5.74, 6) is 0.201. The van der Waals surface area contributed by atoms with Crippen LogP contribution in [0.2, 0.25) is 0 Å². The molecule has 0 saturated carbocycles. The van der Waals surface area contributed by atoms with Crippen LogP contribution < -0.4 is 0 Å². The molecular formula is C14H12O2S. The maximum atomic E-state index is 11.0. The molecular weight excluding hydrogens is 232 g/mol. The van der Waals surface area contributed by atoms with E-state index in [1.54, 1.807) is 0 Å². The summed E-state index contributed by atoms with van der Waals surface area (Å²) in [5, 5.41) is 0. The summed E-state index contributed by atoms with van der Waals surface area (Å²) in [5.41, 5.74) is 4.61. The Morgan fingerprint density at radius 3 is 1.76 bits per heavy atom.